The SMILES string of the molecule is CCc1cc(C(=O)Nc2cccnc2Cl)n(CC)n1. The van der Waals surface area contributed by atoms with Crippen molar-refractivity contribution in [2.75, 3.05) is 5.32 Å². The lowest BCUT2D eigenvalue weighted by Crippen LogP contribution is -2.17. The van der Waals surface area contributed by atoms with Gasteiger partial charge in [0.15, 0.2) is 5.15 Å². The van der Waals surface area contributed by atoms with Gasteiger partial charge in [-0.15, -0.1) is 0 Å². The van der Waals surface area contributed by atoms with Crippen LogP contribution in [0.15, 0.2) is 24.4 Å². The van der Waals surface area contributed by atoms with Crippen LogP contribution in [0.5, 0.6) is 0 Å². The number of anilines is 1. The van der Waals surface area contributed by atoms with Gasteiger partial charge in [-0.2, -0.15) is 5.10 Å². The predicted molar refractivity (Wildman–Crippen MR) is 74.5 cm³/mol. The molecule has 2 aromatic rings. The highest BCUT2D eigenvalue weighted by molar-refractivity contribution is 6.32. The Hall–Kier alpha value is -1.88. The number of rotatable bonds is 4. The van der Waals surface area contributed by atoms with Gasteiger partial charge in [-0.3, -0.25) is 9.48 Å². The van der Waals surface area contributed by atoms with Crippen LogP contribution in [0.25, 0.3) is 0 Å². The van der Waals surface area contributed by atoms with E-state index in [2.05, 4.69) is 15.4 Å². The number of pyridine rings is 1. The average Bonchev–Trinajstić information content (AvgIpc) is 2.84. The molecule has 0 fully saturated rings. The van der Waals surface area contributed by atoms with E-state index in [4.69, 9.17) is 11.6 Å². The Bertz CT molecular complexity index is 594. The molecule has 6 heteroatoms. The first-order valence-corrected chi connectivity index (χ1v) is 6.52. The average molecular weight is 279 g/mol. The summed E-state index contributed by atoms with van der Waals surface area (Å²) in [4.78, 5) is 16.1. The Morgan fingerprint density at radius 3 is 2.89 bits per heavy atom. The second-order valence-electron chi connectivity index (χ2n) is 3.99. The smallest absolute Gasteiger partial charge is 0.274 e. The van der Waals surface area contributed by atoms with Crippen LogP contribution in [-0.4, -0.2) is 20.7 Å². The molecule has 0 bridgehead atoms. The fraction of sp³-hybridized carbons (Fsp3) is 0.308. The molecule has 2 rings (SSSR count). The number of amides is 1. The van der Waals surface area contributed by atoms with E-state index in [1.807, 2.05) is 13.8 Å². The fourth-order valence-electron chi connectivity index (χ4n) is 1.73. The zero-order valence-corrected chi connectivity index (χ0v) is 11.6. The van der Waals surface area contributed by atoms with Crippen LogP contribution in [0.3, 0.4) is 0 Å². The largest absolute Gasteiger partial charge is 0.318 e. The highest BCUT2D eigenvalue weighted by Crippen LogP contribution is 2.18. The van der Waals surface area contributed by atoms with E-state index in [1.54, 1.807) is 29.1 Å². The Labute approximate surface area is 116 Å². The quantitative estimate of drug-likeness (QED) is 0.875. The maximum Gasteiger partial charge on any atom is 0.274 e. The van der Waals surface area contributed by atoms with E-state index in [9.17, 15) is 4.79 Å². The van der Waals surface area contributed by atoms with E-state index in [-0.39, 0.29) is 11.1 Å². The maximum atomic E-state index is 12.2. The summed E-state index contributed by atoms with van der Waals surface area (Å²) in [6.07, 6.45) is 2.37. The van der Waals surface area contributed by atoms with Crippen LogP contribution >= 0.6 is 11.6 Å². The molecule has 1 N–H and O–H groups in total. The maximum absolute atomic E-state index is 12.2. The van der Waals surface area contributed by atoms with Gasteiger partial charge in [-0.25, -0.2) is 4.98 Å². The van der Waals surface area contributed by atoms with Gasteiger partial charge in [0.1, 0.15) is 5.69 Å². The summed E-state index contributed by atoms with van der Waals surface area (Å²) in [5.74, 6) is -0.232. The lowest BCUT2D eigenvalue weighted by Gasteiger charge is -2.07. The third kappa shape index (κ3) is 2.93. The third-order valence-corrected chi connectivity index (χ3v) is 3.03. The number of nitrogens with zero attached hydrogens (tertiary/aromatic N) is 3. The standard InChI is InChI=1S/C13H15ClN4O/c1-3-9-8-11(18(4-2)17-9)13(19)16-10-6-5-7-15-12(10)14/h5-8H,3-4H2,1-2H3,(H,16,19). The summed E-state index contributed by atoms with van der Waals surface area (Å²) >= 11 is 5.91. The number of aromatic nitrogens is 3. The van der Waals surface area contributed by atoms with E-state index in [1.165, 1.54) is 0 Å². The molecule has 1 amide bonds. The summed E-state index contributed by atoms with van der Waals surface area (Å²) in [6.45, 7) is 4.59. The van der Waals surface area contributed by atoms with Crippen molar-refractivity contribution in [2.24, 2.45) is 0 Å². The molecule has 2 aromatic heterocycles. The summed E-state index contributed by atoms with van der Waals surface area (Å²) in [5.41, 5.74) is 1.92. The molecule has 0 saturated heterocycles. The summed E-state index contributed by atoms with van der Waals surface area (Å²) in [6, 6.07) is 5.22. The van der Waals surface area contributed by atoms with Gasteiger partial charge in [0, 0.05) is 12.7 Å². The molecule has 2 heterocycles. The van der Waals surface area contributed by atoms with Crippen molar-refractivity contribution in [2.45, 2.75) is 26.8 Å². The number of carbonyl (C=O) groups excluding carboxylic acids is 1. The molecule has 100 valence electrons. The predicted octanol–water partition coefficient (Wildman–Crippen LogP) is 2.77. The molecule has 0 aromatic carbocycles. The molecule has 0 aliphatic heterocycles. The first kappa shape index (κ1) is 13.5. The number of hydrogen-bond acceptors (Lipinski definition) is 3. The van der Waals surface area contributed by atoms with Crippen LogP contribution in [0.4, 0.5) is 5.69 Å². The Morgan fingerprint density at radius 1 is 1.47 bits per heavy atom. The van der Waals surface area contributed by atoms with Crippen LogP contribution in [0, 0.1) is 0 Å². The van der Waals surface area contributed by atoms with Crippen LogP contribution in [0.1, 0.15) is 30.0 Å². The molecule has 0 radical (unpaired) electrons. The van der Waals surface area contributed by atoms with Crippen molar-refractivity contribution in [3.63, 3.8) is 0 Å². The van der Waals surface area contributed by atoms with Gasteiger partial charge in [0.2, 0.25) is 0 Å². The highest BCUT2D eigenvalue weighted by atomic mass is 35.5. The lowest BCUT2D eigenvalue weighted by molar-refractivity contribution is 0.101. The molecule has 5 nitrogen and oxygen atoms in total. The zero-order chi connectivity index (χ0) is 13.8. The first-order valence-electron chi connectivity index (χ1n) is 6.14. The summed E-state index contributed by atoms with van der Waals surface area (Å²) < 4.78 is 1.68. The van der Waals surface area contributed by atoms with Crippen molar-refractivity contribution in [1.82, 2.24) is 14.8 Å². The van der Waals surface area contributed by atoms with E-state index in [0.29, 0.717) is 17.9 Å². The minimum Gasteiger partial charge on any atom is -0.318 e. The van der Waals surface area contributed by atoms with Gasteiger partial charge in [-0.1, -0.05) is 18.5 Å². The van der Waals surface area contributed by atoms with Crippen molar-refractivity contribution in [3.05, 3.63) is 40.9 Å². The topological polar surface area (TPSA) is 59.8 Å². The second-order valence-corrected chi connectivity index (χ2v) is 4.34. The van der Waals surface area contributed by atoms with Crippen molar-refractivity contribution in [1.29, 1.82) is 0 Å². The van der Waals surface area contributed by atoms with Crippen molar-refractivity contribution < 1.29 is 4.79 Å². The fourth-order valence-corrected chi connectivity index (χ4v) is 1.90. The lowest BCUT2D eigenvalue weighted by atomic mass is 10.3. The van der Waals surface area contributed by atoms with Gasteiger partial charge in [-0.05, 0) is 31.5 Å². The monoisotopic (exact) mass is 278 g/mol. The number of aryl methyl sites for hydroxylation is 2. The summed E-state index contributed by atoms with van der Waals surface area (Å²) in [5, 5.41) is 7.36. The van der Waals surface area contributed by atoms with Gasteiger partial charge >= 0.3 is 0 Å². The molecule has 0 spiro atoms. The number of nitrogens with one attached hydrogen (secondary N) is 1. The highest BCUT2D eigenvalue weighted by Gasteiger charge is 2.15. The summed E-state index contributed by atoms with van der Waals surface area (Å²) in [7, 11) is 0. The minimum absolute atomic E-state index is 0.232. The number of carbonyl (C=O) groups is 1. The van der Waals surface area contributed by atoms with E-state index < -0.39 is 0 Å². The van der Waals surface area contributed by atoms with E-state index in [0.717, 1.165) is 12.1 Å². The third-order valence-electron chi connectivity index (χ3n) is 2.73. The van der Waals surface area contributed by atoms with Gasteiger partial charge < -0.3 is 5.32 Å². The van der Waals surface area contributed by atoms with Crippen molar-refractivity contribution in [3.8, 4) is 0 Å². The van der Waals surface area contributed by atoms with Crippen LogP contribution < -0.4 is 5.32 Å². The molecule has 19 heavy (non-hydrogen) atoms. The number of halogens is 1. The molecule has 0 aliphatic carbocycles. The molecular weight excluding hydrogens is 264 g/mol. The zero-order valence-electron chi connectivity index (χ0n) is 10.9. The second kappa shape index (κ2) is 5.84. The Kier molecular flexibility index (Phi) is 4.16. The molecule has 0 aliphatic rings. The molecular formula is C13H15ClN4O. The Balaban J connectivity index is 2.25. The van der Waals surface area contributed by atoms with Crippen molar-refractivity contribution >= 4 is 23.2 Å². The van der Waals surface area contributed by atoms with Gasteiger partial charge in [0.05, 0.1) is 11.4 Å². The normalized spacial score (nSPS) is 10.5. The van der Waals surface area contributed by atoms with Gasteiger partial charge in [0.25, 0.3) is 5.91 Å². The molecule has 0 saturated carbocycles. The number of hydrogen-bond donors (Lipinski definition) is 1. The molecule has 0 unspecified atom stereocenters. The first-order chi connectivity index (χ1) is 9.15. The van der Waals surface area contributed by atoms with Crippen LogP contribution in [0.2, 0.25) is 5.15 Å². The molecule has 0 atom stereocenters. The van der Waals surface area contributed by atoms with Crippen LogP contribution in [-0.2, 0) is 13.0 Å². The Morgan fingerprint density at radius 2 is 2.26 bits per heavy atom. The minimum atomic E-state index is -0.232. The van der Waals surface area contributed by atoms with E-state index >= 15 is 0 Å².